The molecule has 12 nitrogen and oxygen atoms in total. The number of hydrogen-bond acceptors (Lipinski definition) is 10. The van der Waals surface area contributed by atoms with Gasteiger partial charge < -0.3 is 24.0 Å². The molecule has 0 radical (unpaired) electrons. The number of ether oxygens (including phenoxy) is 3. The maximum atomic E-state index is 13.9. The molecule has 3 heterocycles. The van der Waals surface area contributed by atoms with Crippen LogP contribution in [0.2, 0.25) is 5.02 Å². The van der Waals surface area contributed by atoms with Crippen LogP contribution in [0.15, 0.2) is 53.4 Å². The van der Waals surface area contributed by atoms with Crippen LogP contribution >= 0.6 is 11.6 Å². The van der Waals surface area contributed by atoms with Gasteiger partial charge in [0.05, 0.1) is 29.3 Å². The number of nitrogens with zero attached hydrogens (tertiary/aromatic N) is 4. The van der Waals surface area contributed by atoms with Crippen LogP contribution in [-0.2, 0) is 36.1 Å². The lowest BCUT2D eigenvalue weighted by Crippen LogP contribution is -2.56. The maximum Gasteiger partial charge on any atom is 0.410 e. The van der Waals surface area contributed by atoms with Crippen LogP contribution in [0.3, 0.4) is 0 Å². The monoisotopic (exact) mass is 797 g/mol. The number of benzene rings is 2. The Kier molecular flexibility index (Phi) is 11.8. The minimum absolute atomic E-state index is 0.00472. The number of likely N-dealkylation sites (N-methyl/N-ethyl adjacent to an activating group) is 1. The highest BCUT2D eigenvalue weighted by atomic mass is 35.5. The first-order valence-electron chi connectivity index (χ1n) is 19.8. The number of methoxy groups -OCH3 is 1. The van der Waals surface area contributed by atoms with E-state index < -0.39 is 27.6 Å². The summed E-state index contributed by atoms with van der Waals surface area (Å²) in [5.74, 6) is 0.192. The summed E-state index contributed by atoms with van der Waals surface area (Å²) in [4.78, 5) is 35.9. The van der Waals surface area contributed by atoms with Gasteiger partial charge in [0.1, 0.15) is 11.9 Å². The number of fused-ring (bicyclic) bond motifs is 4. The maximum absolute atomic E-state index is 13.9. The lowest BCUT2D eigenvalue weighted by molar-refractivity contribution is -0.129. The Hall–Kier alpha value is -3.36. The fraction of sp³-hybridized carbons (Fsp3) is 0.610. The summed E-state index contributed by atoms with van der Waals surface area (Å²) in [7, 11) is -2.53. The van der Waals surface area contributed by atoms with Crippen LogP contribution < -0.4 is 14.4 Å². The number of halogens is 1. The second-order valence-electron chi connectivity index (χ2n) is 16.4. The fourth-order valence-electron chi connectivity index (χ4n) is 9.16. The largest absolute Gasteiger partial charge is 0.490 e. The van der Waals surface area contributed by atoms with Crippen molar-refractivity contribution in [2.75, 3.05) is 84.1 Å². The number of nitrogens with one attached hydrogen (secondary N) is 1. The molecule has 2 aromatic rings. The highest BCUT2D eigenvalue weighted by Crippen LogP contribution is 2.47. The molecule has 2 bridgehead atoms. The minimum Gasteiger partial charge on any atom is -0.490 e. The third kappa shape index (κ3) is 8.23. The second-order valence-corrected chi connectivity index (χ2v) is 18.5. The summed E-state index contributed by atoms with van der Waals surface area (Å²) in [5.41, 5.74) is 1.59. The van der Waals surface area contributed by atoms with Gasteiger partial charge in [0, 0.05) is 75.8 Å². The van der Waals surface area contributed by atoms with Gasteiger partial charge in [-0.2, -0.15) is 0 Å². The van der Waals surface area contributed by atoms with E-state index in [0.29, 0.717) is 68.9 Å². The SMILES string of the molecule is CCN1C/C=C\[C@H](OC(=O)N2CCN(CCOC)CC2)[C@@H]2CC[C@H]2CN2C[C@@]3(CCCc4cc(Cl)ccc43)COc3ccc(cc32)S(=O)(=O)NC(=O)C1(C)C. The van der Waals surface area contributed by atoms with Gasteiger partial charge in [0.2, 0.25) is 0 Å². The van der Waals surface area contributed by atoms with E-state index in [-0.39, 0.29) is 28.2 Å². The predicted octanol–water partition coefficient (Wildman–Crippen LogP) is 5.08. The first kappa shape index (κ1) is 39.9. The van der Waals surface area contributed by atoms with Gasteiger partial charge >= 0.3 is 6.09 Å². The molecule has 300 valence electrons. The molecule has 1 N–H and O–H groups in total. The van der Waals surface area contributed by atoms with Gasteiger partial charge in [-0.3, -0.25) is 14.6 Å². The Morgan fingerprint density at radius 3 is 2.62 bits per heavy atom. The zero-order chi connectivity index (χ0) is 39.0. The van der Waals surface area contributed by atoms with Crippen LogP contribution in [0.1, 0.15) is 57.6 Å². The third-order valence-electron chi connectivity index (χ3n) is 12.8. The number of carbonyl (C=O) groups excluding carboxylic acids is 2. The lowest BCUT2D eigenvalue weighted by atomic mass is 9.68. The van der Waals surface area contributed by atoms with Crippen molar-refractivity contribution in [3.8, 4) is 5.75 Å². The number of hydrogen-bond donors (Lipinski definition) is 1. The summed E-state index contributed by atoms with van der Waals surface area (Å²) in [6.07, 6.45) is 7.83. The molecule has 3 aliphatic heterocycles. The summed E-state index contributed by atoms with van der Waals surface area (Å²) in [5, 5.41) is 0.708. The van der Waals surface area contributed by atoms with E-state index in [1.54, 1.807) is 38.0 Å². The van der Waals surface area contributed by atoms with E-state index >= 15 is 0 Å². The zero-order valence-corrected chi connectivity index (χ0v) is 34.2. The molecular weight excluding hydrogens is 742 g/mol. The summed E-state index contributed by atoms with van der Waals surface area (Å²) >= 11 is 6.48. The standard InChI is InChI=1S/C41H56ClN5O7S/c1-5-47-17-7-9-36(54-39(49)45-20-18-44(19-21-45)22-23-52-4)33-13-10-30(33)26-46-27-41(16-6-8-29-24-31(42)11-14-34(29)41)28-53-37-15-12-32(25-35(37)46)55(50,51)43-38(48)40(47,2)3/h7,9,11-12,14-15,24-25,30,33,36H,5-6,8,10,13,16-23,26-28H2,1-4H3,(H,43,48)/b9-7-/t30-,33+,36-,41-/m0/s1. The van der Waals surface area contributed by atoms with Crippen LogP contribution in [-0.4, -0.2) is 126 Å². The van der Waals surface area contributed by atoms with E-state index in [4.69, 9.17) is 25.8 Å². The normalized spacial score (nSPS) is 28.8. The molecule has 0 unspecified atom stereocenters. The Labute approximate surface area is 331 Å². The van der Waals surface area contributed by atoms with Gasteiger partial charge in [-0.25, -0.2) is 17.9 Å². The van der Waals surface area contributed by atoms with E-state index in [9.17, 15) is 18.0 Å². The molecule has 55 heavy (non-hydrogen) atoms. The molecule has 2 aromatic carbocycles. The van der Waals surface area contributed by atoms with Crippen LogP contribution in [0.25, 0.3) is 0 Å². The highest BCUT2D eigenvalue weighted by molar-refractivity contribution is 7.90. The molecule has 4 atom stereocenters. The number of carbonyl (C=O) groups is 2. The molecule has 1 saturated heterocycles. The van der Waals surface area contributed by atoms with Gasteiger partial charge in [-0.05, 0) is 106 Å². The number of amides is 2. The van der Waals surface area contributed by atoms with Crippen molar-refractivity contribution >= 4 is 39.3 Å². The number of piperazine rings is 1. The van der Waals surface area contributed by atoms with Crippen molar-refractivity contribution in [3.63, 3.8) is 0 Å². The van der Waals surface area contributed by atoms with Crippen molar-refractivity contribution in [3.05, 3.63) is 64.7 Å². The molecule has 2 aliphatic carbocycles. The molecule has 2 fully saturated rings. The molecule has 7 rings (SSSR count). The van der Waals surface area contributed by atoms with Crippen LogP contribution in [0.4, 0.5) is 10.5 Å². The zero-order valence-electron chi connectivity index (χ0n) is 32.6. The third-order valence-corrected chi connectivity index (χ3v) is 14.3. The minimum atomic E-state index is -4.23. The van der Waals surface area contributed by atoms with Crippen molar-refractivity contribution in [2.24, 2.45) is 11.8 Å². The number of sulfonamides is 1. The van der Waals surface area contributed by atoms with Crippen molar-refractivity contribution in [1.29, 1.82) is 0 Å². The summed E-state index contributed by atoms with van der Waals surface area (Å²) in [6, 6.07) is 11.0. The molecule has 5 aliphatic rings. The van der Waals surface area contributed by atoms with Gasteiger partial charge in [0.25, 0.3) is 15.9 Å². The molecular formula is C41H56ClN5O7S. The van der Waals surface area contributed by atoms with Gasteiger partial charge in [-0.1, -0.05) is 30.7 Å². The highest BCUT2D eigenvalue weighted by Gasteiger charge is 2.46. The van der Waals surface area contributed by atoms with E-state index in [0.717, 1.165) is 51.7 Å². The summed E-state index contributed by atoms with van der Waals surface area (Å²) < 4.78 is 48.5. The quantitative estimate of drug-likeness (QED) is 0.410. The van der Waals surface area contributed by atoms with E-state index in [1.807, 2.05) is 30.0 Å². The fourth-order valence-corrected chi connectivity index (χ4v) is 10.5. The smallest absolute Gasteiger partial charge is 0.410 e. The van der Waals surface area contributed by atoms with Gasteiger partial charge in [0.15, 0.2) is 0 Å². The van der Waals surface area contributed by atoms with Crippen LogP contribution in [0.5, 0.6) is 5.75 Å². The Balaban J connectivity index is 1.24. The first-order chi connectivity index (χ1) is 26.3. The number of anilines is 1. The first-order valence-corrected chi connectivity index (χ1v) is 21.7. The van der Waals surface area contributed by atoms with Crippen LogP contribution in [0, 0.1) is 11.8 Å². The molecule has 14 heteroatoms. The Morgan fingerprint density at radius 2 is 1.89 bits per heavy atom. The number of rotatable bonds is 5. The van der Waals surface area contributed by atoms with Crippen molar-refractivity contribution in [2.45, 2.75) is 74.8 Å². The second kappa shape index (κ2) is 16.2. The summed E-state index contributed by atoms with van der Waals surface area (Å²) in [6.45, 7) is 12.1. The van der Waals surface area contributed by atoms with E-state index in [1.165, 1.54) is 17.2 Å². The Bertz CT molecular complexity index is 1880. The average Bonchev–Trinajstić information content (AvgIpc) is 3.30. The molecule has 0 aromatic heterocycles. The lowest BCUT2D eigenvalue weighted by Gasteiger charge is -2.46. The Morgan fingerprint density at radius 1 is 1.09 bits per heavy atom. The van der Waals surface area contributed by atoms with Gasteiger partial charge in [-0.15, -0.1) is 0 Å². The molecule has 1 saturated carbocycles. The van der Waals surface area contributed by atoms with Crippen molar-refractivity contribution in [1.82, 2.24) is 19.4 Å². The van der Waals surface area contributed by atoms with E-state index in [2.05, 4.69) is 26.7 Å². The molecule has 1 spiro atoms. The predicted molar refractivity (Wildman–Crippen MR) is 212 cm³/mol. The van der Waals surface area contributed by atoms with Crippen molar-refractivity contribution < 1.29 is 32.2 Å². The topological polar surface area (TPSA) is 121 Å². The average molecular weight is 798 g/mol. The number of aryl methyl sites for hydroxylation is 1. The molecule has 2 amide bonds.